The van der Waals surface area contributed by atoms with E-state index in [0.29, 0.717) is 29.6 Å². The Labute approximate surface area is 151 Å². The maximum atomic E-state index is 14.2. The van der Waals surface area contributed by atoms with Crippen molar-refractivity contribution in [1.82, 2.24) is 0 Å². The minimum atomic E-state index is -2.44. The quantitative estimate of drug-likeness (QED) is 0.548. The van der Waals surface area contributed by atoms with Crippen molar-refractivity contribution in [3.05, 3.63) is 83.2 Å². The molecule has 2 bridgehead atoms. The molecule has 0 amide bonds. The molecule has 1 saturated carbocycles. The molecule has 0 radical (unpaired) electrons. The van der Waals surface area contributed by atoms with Gasteiger partial charge in [-0.3, -0.25) is 0 Å². The lowest BCUT2D eigenvalue weighted by atomic mass is 9.51. The van der Waals surface area contributed by atoms with Crippen molar-refractivity contribution in [2.45, 2.75) is 39.0 Å². The smallest absolute Gasteiger partial charge is 0.119 e. The first kappa shape index (κ1) is 16.9. The van der Waals surface area contributed by atoms with Gasteiger partial charge in [0.05, 0.1) is 0 Å². The maximum Gasteiger partial charge on any atom is 0.119 e. The lowest BCUT2D eigenvalue weighted by Gasteiger charge is -2.55. The molecule has 0 N–H and O–H groups in total. The predicted octanol–water partition coefficient (Wildman–Crippen LogP) is 6.70. The largest absolute Gasteiger partial charge is 0.318 e. The van der Waals surface area contributed by atoms with Crippen molar-refractivity contribution in [1.29, 1.82) is 0 Å². The monoisotopic (exact) mass is 350 g/mol. The first-order chi connectivity index (χ1) is 12.0. The fourth-order valence-electron chi connectivity index (χ4n) is 4.56. The van der Waals surface area contributed by atoms with Crippen molar-refractivity contribution in [2.24, 2.45) is 17.3 Å². The summed E-state index contributed by atoms with van der Waals surface area (Å²) < 4.78 is 14.2. The highest BCUT2D eigenvalue weighted by atomic mass is 31.2. The Hall–Kier alpha value is -1.59. The van der Waals surface area contributed by atoms with E-state index in [2.05, 4.69) is 68.5 Å². The molecular weight excluding hydrogens is 323 g/mol. The van der Waals surface area contributed by atoms with Crippen LogP contribution in [0.15, 0.2) is 72.1 Å². The molecular formula is C23H27OP. The van der Waals surface area contributed by atoms with E-state index in [-0.39, 0.29) is 0 Å². The van der Waals surface area contributed by atoms with E-state index in [1.807, 2.05) is 12.1 Å². The Morgan fingerprint density at radius 1 is 0.920 bits per heavy atom. The summed E-state index contributed by atoms with van der Waals surface area (Å²) in [5.74, 6) is 1.32. The second kappa shape index (κ2) is 6.29. The summed E-state index contributed by atoms with van der Waals surface area (Å²) in [5.41, 5.74) is 2.79. The summed E-state index contributed by atoms with van der Waals surface area (Å²) >= 11 is 0. The molecule has 0 spiro atoms. The molecule has 130 valence electrons. The van der Waals surface area contributed by atoms with Crippen molar-refractivity contribution in [3.8, 4) is 0 Å². The van der Waals surface area contributed by atoms with Crippen LogP contribution in [-0.2, 0) is 16.9 Å². The SMILES string of the molecule is CC1(C)[C@@H]2CC(P(=O)(Cc3ccccc3)Cc3ccccc3)=C[C@H]1C2. The van der Waals surface area contributed by atoms with Crippen LogP contribution in [0.5, 0.6) is 0 Å². The lowest BCUT2D eigenvalue weighted by Crippen LogP contribution is -2.46. The molecule has 3 aliphatic rings. The number of hydrogen-bond acceptors (Lipinski definition) is 1. The zero-order chi connectivity index (χ0) is 17.5. The fourth-order valence-corrected chi connectivity index (χ4v) is 7.68. The first-order valence-electron chi connectivity index (χ1n) is 9.34. The van der Waals surface area contributed by atoms with Gasteiger partial charge in [0, 0.05) is 12.3 Å². The van der Waals surface area contributed by atoms with Gasteiger partial charge in [-0.1, -0.05) is 80.6 Å². The highest BCUT2D eigenvalue weighted by Crippen LogP contribution is 2.68. The van der Waals surface area contributed by atoms with Crippen molar-refractivity contribution < 1.29 is 4.57 Å². The number of rotatable bonds is 5. The number of allylic oxidation sites excluding steroid dienone is 2. The Morgan fingerprint density at radius 2 is 1.44 bits per heavy atom. The molecule has 3 aliphatic carbocycles. The number of benzene rings is 2. The van der Waals surface area contributed by atoms with E-state index in [9.17, 15) is 4.57 Å². The highest BCUT2D eigenvalue weighted by Gasteiger charge is 2.51. The molecule has 0 aliphatic heterocycles. The topological polar surface area (TPSA) is 17.1 Å². The van der Waals surface area contributed by atoms with Crippen molar-refractivity contribution in [2.75, 3.05) is 0 Å². The van der Waals surface area contributed by atoms with Crippen LogP contribution in [0.3, 0.4) is 0 Å². The van der Waals surface area contributed by atoms with Crippen LogP contribution in [0.25, 0.3) is 0 Å². The first-order valence-corrected chi connectivity index (χ1v) is 11.4. The minimum Gasteiger partial charge on any atom is -0.318 e. The van der Waals surface area contributed by atoms with Crippen LogP contribution >= 0.6 is 7.14 Å². The van der Waals surface area contributed by atoms with Crippen LogP contribution < -0.4 is 0 Å². The predicted molar refractivity (Wildman–Crippen MR) is 106 cm³/mol. The maximum absolute atomic E-state index is 14.2. The fraction of sp³-hybridized carbons (Fsp3) is 0.391. The minimum absolute atomic E-state index is 0.397. The van der Waals surface area contributed by atoms with Crippen LogP contribution in [0.4, 0.5) is 0 Å². The molecule has 5 rings (SSSR count). The highest BCUT2D eigenvalue weighted by molar-refractivity contribution is 7.66. The Kier molecular flexibility index (Phi) is 4.24. The zero-order valence-corrected chi connectivity index (χ0v) is 16.1. The van der Waals surface area contributed by atoms with Gasteiger partial charge in [-0.05, 0) is 46.5 Å². The summed E-state index contributed by atoms with van der Waals surface area (Å²) in [7, 11) is -2.44. The van der Waals surface area contributed by atoms with Gasteiger partial charge in [0.1, 0.15) is 7.14 Å². The molecule has 0 aromatic heterocycles. The number of fused-ring (bicyclic) bond motifs is 1. The second-order valence-electron chi connectivity index (χ2n) is 8.40. The molecule has 2 heteroatoms. The normalized spacial score (nSPS) is 24.3. The van der Waals surface area contributed by atoms with Gasteiger partial charge in [-0.25, -0.2) is 0 Å². The summed E-state index contributed by atoms with van der Waals surface area (Å²) in [6.45, 7) is 4.75. The van der Waals surface area contributed by atoms with E-state index < -0.39 is 7.14 Å². The standard InChI is InChI=1S/C23H27OP/c1-23(2)20-13-21(23)15-22(14-20)25(24,16-18-9-5-3-6-10-18)17-19-11-7-4-8-12-19/h3-12,14,20-21H,13,15-17H2,1-2H3/t20-,21+/m1/s1. The molecule has 0 heterocycles. The Morgan fingerprint density at radius 3 is 1.84 bits per heavy atom. The van der Waals surface area contributed by atoms with Crippen LogP contribution in [0, 0.1) is 17.3 Å². The molecule has 2 aromatic carbocycles. The third-order valence-corrected chi connectivity index (χ3v) is 9.61. The second-order valence-corrected chi connectivity index (χ2v) is 11.4. The summed E-state index contributed by atoms with van der Waals surface area (Å²) in [6.07, 6.45) is 6.09. The van der Waals surface area contributed by atoms with Gasteiger partial charge in [0.2, 0.25) is 0 Å². The van der Waals surface area contributed by atoms with E-state index in [4.69, 9.17) is 0 Å². The number of hydrogen-bond donors (Lipinski definition) is 0. The molecule has 1 fully saturated rings. The van der Waals surface area contributed by atoms with E-state index in [1.165, 1.54) is 22.9 Å². The summed E-state index contributed by atoms with van der Waals surface area (Å²) in [4.78, 5) is 0. The Bertz CT molecular complexity index is 774. The van der Waals surface area contributed by atoms with Gasteiger partial charge in [0.15, 0.2) is 0 Å². The Balaban J connectivity index is 1.68. The van der Waals surface area contributed by atoms with Gasteiger partial charge >= 0.3 is 0 Å². The third-order valence-electron chi connectivity index (χ3n) is 6.48. The molecule has 2 atom stereocenters. The van der Waals surface area contributed by atoms with Gasteiger partial charge in [0.25, 0.3) is 0 Å². The van der Waals surface area contributed by atoms with Gasteiger partial charge in [-0.15, -0.1) is 0 Å². The van der Waals surface area contributed by atoms with Crippen LogP contribution in [-0.4, -0.2) is 0 Å². The molecule has 0 saturated heterocycles. The molecule has 0 unspecified atom stereocenters. The van der Waals surface area contributed by atoms with Crippen LogP contribution in [0.1, 0.15) is 37.8 Å². The average Bonchev–Trinajstić information content (AvgIpc) is 2.63. The average molecular weight is 350 g/mol. The van der Waals surface area contributed by atoms with Crippen molar-refractivity contribution >= 4 is 7.14 Å². The van der Waals surface area contributed by atoms with Crippen LogP contribution in [0.2, 0.25) is 0 Å². The third kappa shape index (κ3) is 3.15. The zero-order valence-electron chi connectivity index (χ0n) is 15.2. The molecule has 1 nitrogen and oxygen atoms in total. The van der Waals surface area contributed by atoms with E-state index in [1.54, 1.807) is 0 Å². The van der Waals surface area contributed by atoms with Crippen molar-refractivity contribution in [3.63, 3.8) is 0 Å². The lowest BCUT2D eigenvalue weighted by molar-refractivity contribution is 0.00151. The van der Waals surface area contributed by atoms with Gasteiger partial charge < -0.3 is 4.57 Å². The van der Waals surface area contributed by atoms with E-state index >= 15 is 0 Å². The van der Waals surface area contributed by atoms with E-state index in [0.717, 1.165) is 6.42 Å². The molecule has 25 heavy (non-hydrogen) atoms. The molecule has 2 aromatic rings. The summed E-state index contributed by atoms with van der Waals surface area (Å²) in [5, 5.41) is 1.26. The summed E-state index contributed by atoms with van der Waals surface area (Å²) in [6, 6.07) is 20.7. The van der Waals surface area contributed by atoms with Gasteiger partial charge in [-0.2, -0.15) is 0 Å².